The van der Waals surface area contributed by atoms with Gasteiger partial charge in [-0.1, -0.05) is 29.4 Å². The number of hydrogen-bond acceptors (Lipinski definition) is 5. The van der Waals surface area contributed by atoms with Crippen LogP contribution in [-0.4, -0.2) is 55.8 Å². The number of halogens is 1. The Bertz CT molecular complexity index is 781. The van der Waals surface area contributed by atoms with Gasteiger partial charge in [0.25, 0.3) is 0 Å². The molecule has 0 saturated carbocycles. The third-order valence-electron chi connectivity index (χ3n) is 4.02. The fraction of sp³-hybridized carbons (Fsp3) is 0.412. The smallest absolute Gasteiger partial charge is 0.414 e. The van der Waals surface area contributed by atoms with E-state index in [1.807, 2.05) is 35.9 Å². The summed E-state index contributed by atoms with van der Waals surface area (Å²) in [7, 11) is 0. The van der Waals surface area contributed by atoms with Crippen LogP contribution in [0.5, 0.6) is 0 Å². The number of nitrogens with zero attached hydrogens (tertiary/aromatic N) is 3. The van der Waals surface area contributed by atoms with Gasteiger partial charge in [-0.15, -0.1) is 5.10 Å². The highest BCUT2D eigenvalue weighted by Crippen LogP contribution is 2.21. The van der Waals surface area contributed by atoms with Gasteiger partial charge in [-0.25, -0.2) is 19.3 Å². The quantitative estimate of drug-likeness (QED) is 0.500. The molecule has 1 aromatic carbocycles. The van der Waals surface area contributed by atoms with Crippen LogP contribution in [0.1, 0.15) is 18.7 Å². The number of benzene rings is 1. The Labute approximate surface area is 165 Å². The lowest BCUT2D eigenvalue weighted by molar-refractivity contribution is -0.638. The van der Waals surface area contributed by atoms with Gasteiger partial charge in [0.2, 0.25) is 5.16 Å². The Morgan fingerprint density at radius 3 is 2.70 bits per heavy atom. The van der Waals surface area contributed by atoms with Crippen molar-refractivity contribution in [1.29, 1.82) is 0 Å². The van der Waals surface area contributed by atoms with Crippen molar-refractivity contribution in [3.05, 3.63) is 35.1 Å². The van der Waals surface area contributed by atoms with Crippen molar-refractivity contribution in [2.75, 3.05) is 18.8 Å². The second kappa shape index (κ2) is 10.3. The number of aromatic nitrogens is 3. The minimum absolute atomic E-state index is 0.717. The largest absolute Gasteiger partial charge is 0.473 e. The zero-order valence-electron chi connectivity index (χ0n) is 14.8. The maximum atomic E-state index is 9.10. The van der Waals surface area contributed by atoms with Gasteiger partial charge in [-0.3, -0.25) is 0 Å². The summed E-state index contributed by atoms with van der Waals surface area (Å²) >= 11 is 7.79. The summed E-state index contributed by atoms with van der Waals surface area (Å²) < 4.78 is 1.86. The van der Waals surface area contributed by atoms with Crippen molar-refractivity contribution >= 4 is 35.3 Å². The number of carboxylic acids is 2. The summed E-state index contributed by atoms with van der Waals surface area (Å²) in [6.45, 7) is 4.55. The molecule has 1 aliphatic heterocycles. The molecule has 8 nitrogen and oxygen atoms in total. The summed E-state index contributed by atoms with van der Waals surface area (Å²) in [5.74, 6) is -0.787. The highest BCUT2D eigenvalue weighted by atomic mass is 35.5. The maximum Gasteiger partial charge on any atom is 0.414 e. The van der Waals surface area contributed by atoms with Crippen LogP contribution in [-0.2, 0) is 9.59 Å². The molecule has 27 heavy (non-hydrogen) atoms. The molecule has 1 aliphatic rings. The summed E-state index contributed by atoms with van der Waals surface area (Å²) in [6, 6.07) is 7.70. The fourth-order valence-electron chi connectivity index (χ4n) is 2.68. The van der Waals surface area contributed by atoms with E-state index in [1.165, 1.54) is 25.9 Å². The van der Waals surface area contributed by atoms with Crippen LogP contribution in [0.3, 0.4) is 0 Å². The minimum Gasteiger partial charge on any atom is -0.473 e. The number of rotatable bonds is 5. The molecule has 0 bridgehead atoms. The molecule has 1 aromatic heterocycles. The normalized spacial score (nSPS) is 15.9. The summed E-state index contributed by atoms with van der Waals surface area (Å²) in [5.41, 5.74) is 0.963. The Morgan fingerprint density at radius 2 is 2.11 bits per heavy atom. The van der Waals surface area contributed by atoms with E-state index in [2.05, 4.69) is 15.4 Å². The highest BCUT2D eigenvalue weighted by Gasteiger charge is 2.18. The van der Waals surface area contributed by atoms with Crippen LogP contribution in [0, 0.1) is 12.8 Å². The van der Waals surface area contributed by atoms with Crippen molar-refractivity contribution in [3.63, 3.8) is 0 Å². The third kappa shape index (κ3) is 6.85. The van der Waals surface area contributed by atoms with E-state index in [0.717, 1.165) is 28.3 Å². The van der Waals surface area contributed by atoms with Gasteiger partial charge in [0.05, 0.1) is 18.8 Å². The summed E-state index contributed by atoms with van der Waals surface area (Å²) in [4.78, 5) is 22.7. The molecular formula is C17H22ClN4O4S+. The van der Waals surface area contributed by atoms with Crippen molar-refractivity contribution in [2.24, 2.45) is 5.92 Å². The first kappa shape index (κ1) is 21.2. The zero-order valence-corrected chi connectivity index (χ0v) is 16.4. The molecule has 0 radical (unpaired) electrons. The van der Waals surface area contributed by atoms with E-state index in [0.29, 0.717) is 5.02 Å². The molecule has 3 rings (SSSR count). The molecule has 0 spiro atoms. The van der Waals surface area contributed by atoms with Crippen LogP contribution in [0.4, 0.5) is 0 Å². The van der Waals surface area contributed by atoms with Crippen LogP contribution >= 0.6 is 23.4 Å². The number of carbonyl (C=O) groups is 2. The molecule has 146 valence electrons. The molecule has 1 fully saturated rings. The van der Waals surface area contributed by atoms with Gasteiger partial charge < -0.3 is 15.5 Å². The van der Waals surface area contributed by atoms with Gasteiger partial charge in [0.15, 0.2) is 0 Å². The average molecular weight is 414 g/mol. The van der Waals surface area contributed by atoms with E-state index in [4.69, 9.17) is 31.4 Å². The number of aliphatic carboxylic acids is 2. The number of hydrogen-bond donors (Lipinski definition) is 3. The van der Waals surface area contributed by atoms with Gasteiger partial charge in [0.1, 0.15) is 5.82 Å². The first-order valence-electron chi connectivity index (χ1n) is 8.47. The van der Waals surface area contributed by atoms with Crippen LogP contribution < -0.4 is 5.32 Å². The minimum atomic E-state index is -1.82. The number of thioether (sulfide) groups is 1. The van der Waals surface area contributed by atoms with Gasteiger partial charge in [-0.2, -0.15) is 0 Å². The second-order valence-electron chi connectivity index (χ2n) is 6.05. The molecule has 0 amide bonds. The van der Waals surface area contributed by atoms with E-state index in [9.17, 15) is 0 Å². The van der Waals surface area contributed by atoms with Gasteiger partial charge in [0, 0.05) is 23.1 Å². The summed E-state index contributed by atoms with van der Waals surface area (Å²) in [6.07, 6.45) is 2.61. The molecule has 0 aliphatic carbocycles. The van der Waals surface area contributed by atoms with Gasteiger partial charge in [-0.05, 0) is 31.5 Å². The lowest BCUT2D eigenvalue weighted by Gasteiger charge is -2.03. The van der Waals surface area contributed by atoms with Crippen LogP contribution in [0.25, 0.3) is 5.69 Å². The van der Waals surface area contributed by atoms with Crippen molar-refractivity contribution in [1.82, 2.24) is 14.8 Å². The van der Waals surface area contributed by atoms with Crippen LogP contribution in [0.2, 0.25) is 5.02 Å². The SMILES string of the molecule is Cc1nc(SCCC2CC[NH2+]C2)nn1-c1cccc(Cl)c1.O=C(O)C(=O)O. The highest BCUT2D eigenvalue weighted by molar-refractivity contribution is 7.99. The summed E-state index contributed by atoms with van der Waals surface area (Å²) in [5, 5.41) is 23.4. The Balaban J connectivity index is 0.000000380. The number of nitrogens with two attached hydrogens (primary N) is 1. The molecule has 1 unspecified atom stereocenters. The number of aryl methyl sites for hydroxylation is 1. The monoisotopic (exact) mass is 413 g/mol. The van der Waals surface area contributed by atoms with E-state index in [1.54, 1.807) is 11.8 Å². The van der Waals surface area contributed by atoms with Crippen LogP contribution in [0.15, 0.2) is 29.4 Å². The first-order valence-corrected chi connectivity index (χ1v) is 9.83. The molecule has 4 N–H and O–H groups in total. The molecule has 1 saturated heterocycles. The lowest BCUT2D eigenvalue weighted by Crippen LogP contribution is -2.81. The standard InChI is InChI=1S/C15H19ClN4S.C2H2O4/c1-11-18-15(21-8-6-12-5-7-17-10-12)19-20(11)14-4-2-3-13(16)9-14;3-1(4)2(5)6/h2-4,9,12,17H,5-8,10H2,1H3;(H,3,4)(H,5,6)/p+1. The number of carboxylic acid groups (broad SMARTS) is 2. The van der Waals surface area contributed by atoms with E-state index in [-0.39, 0.29) is 0 Å². The maximum absolute atomic E-state index is 9.10. The third-order valence-corrected chi connectivity index (χ3v) is 5.13. The Kier molecular flexibility index (Phi) is 8.08. The second-order valence-corrected chi connectivity index (χ2v) is 7.55. The molecule has 10 heteroatoms. The van der Waals surface area contributed by atoms with E-state index < -0.39 is 11.9 Å². The molecular weight excluding hydrogens is 392 g/mol. The average Bonchev–Trinajstić information content (AvgIpc) is 3.25. The predicted octanol–water partition coefficient (Wildman–Crippen LogP) is 1.45. The van der Waals surface area contributed by atoms with Crippen molar-refractivity contribution in [3.8, 4) is 5.69 Å². The number of quaternary nitrogens is 1. The zero-order chi connectivity index (χ0) is 19.8. The van der Waals surface area contributed by atoms with E-state index >= 15 is 0 Å². The molecule has 2 aromatic rings. The first-order chi connectivity index (χ1) is 12.9. The molecule has 1 atom stereocenters. The van der Waals surface area contributed by atoms with Gasteiger partial charge >= 0.3 is 11.9 Å². The lowest BCUT2D eigenvalue weighted by atomic mass is 10.1. The Hall–Kier alpha value is -2.10. The predicted molar refractivity (Wildman–Crippen MR) is 101 cm³/mol. The topological polar surface area (TPSA) is 122 Å². The fourth-order valence-corrected chi connectivity index (χ4v) is 3.84. The Morgan fingerprint density at radius 1 is 1.37 bits per heavy atom. The van der Waals surface area contributed by atoms with Crippen molar-refractivity contribution < 1.29 is 25.1 Å². The van der Waals surface area contributed by atoms with Crippen molar-refractivity contribution in [2.45, 2.75) is 24.9 Å². The molecule has 2 heterocycles.